The number of nitrogens with zero attached hydrogens (tertiary/aromatic N) is 20. The van der Waals surface area contributed by atoms with Gasteiger partial charge in [-0.05, 0) is 92.5 Å². The van der Waals surface area contributed by atoms with Crippen molar-refractivity contribution < 1.29 is 18.5 Å². The molecule has 0 saturated carbocycles. The van der Waals surface area contributed by atoms with E-state index in [1.807, 2.05) is 48.8 Å². The smallest absolute Gasteiger partial charge is 0.399 e. The fourth-order valence-electron chi connectivity index (χ4n) is 9.27. The first-order valence-corrected chi connectivity index (χ1v) is 30.6. The second kappa shape index (κ2) is 30.3. The summed E-state index contributed by atoms with van der Waals surface area (Å²) in [6.07, 6.45) is 27.9. The molecule has 2 aliphatic rings. The van der Waals surface area contributed by atoms with E-state index in [4.69, 9.17) is 25.6 Å². The number of hydrogen-bond acceptors (Lipinski definition) is 25. The fraction of sp³-hybridized carbons (Fsp3) is 0.167. The molecule has 2 aliphatic heterocycles. The molecule has 1 atom stereocenters. The quantitative estimate of drug-likeness (QED) is 0.0660. The summed E-state index contributed by atoms with van der Waals surface area (Å²) in [4.78, 5) is 71.8. The van der Waals surface area contributed by atoms with Crippen molar-refractivity contribution in [3.63, 3.8) is 0 Å². The van der Waals surface area contributed by atoms with E-state index in [-0.39, 0.29) is 47.9 Å². The average Bonchev–Trinajstić information content (AvgIpc) is 1.62. The number of amides is 1. The van der Waals surface area contributed by atoms with Crippen LogP contribution in [0.1, 0.15) is 96.2 Å². The number of aliphatic imine (C=N–C) groups is 1. The van der Waals surface area contributed by atoms with Crippen LogP contribution in [0.15, 0.2) is 163 Å². The van der Waals surface area contributed by atoms with Gasteiger partial charge >= 0.3 is 7.12 Å². The number of carbonyl (C=O) groups is 1. The molecule has 0 aliphatic carbocycles. The number of aromatic nitrogens is 19. The van der Waals surface area contributed by atoms with E-state index in [0.717, 1.165) is 77.8 Å². The molecule has 0 unspecified atom stereocenters. The maximum atomic E-state index is 13.2. The molecule has 1 aromatic carbocycles. The van der Waals surface area contributed by atoms with E-state index in [2.05, 4.69) is 161 Å². The van der Waals surface area contributed by atoms with Crippen molar-refractivity contribution in [2.75, 3.05) is 5.32 Å². The van der Waals surface area contributed by atoms with Crippen LogP contribution < -0.4 is 21.8 Å². The summed E-state index contributed by atoms with van der Waals surface area (Å²) in [5.41, 5.74) is 18.0. The highest BCUT2D eigenvalue weighted by Crippen LogP contribution is 2.37. The lowest BCUT2D eigenvalue weighted by Crippen LogP contribution is -2.41. The van der Waals surface area contributed by atoms with Gasteiger partial charge in [0.1, 0.15) is 34.4 Å². The first kappa shape index (κ1) is 66.9. The third-order valence-electron chi connectivity index (χ3n) is 15.3. The van der Waals surface area contributed by atoms with Crippen molar-refractivity contribution in [3.8, 4) is 52.0 Å². The summed E-state index contributed by atoms with van der Waals surface area (Å²) in [5.74, 6) is -0.484. The molecular formula is C66H55BBrFN26O3. The summed E-state index contributed by atoms with van der Waals surface area (Å²) in [6.45, 7) is 11.3. The molecule has 98 heavy (non-hydrogen) atoms. The molecule has 1 amide bonds. The number of aromatic amines is 3. The van der Waals surface area contributed by atoms with E-state index in [9.17, 15) is 14.4 Å². The lowest BCUT2D eigenvalue weighted by atomic mass is 9.79. The third kappa shape index (κ3) is 16.3. The summed E-state index contributed by atoms with van der Waals surface area (Å²) in [7, 11) is -0.346. The van der Waals surface area contributed by atoms with Crippen LogP contribution in [0.2, 0.25) is 0 Å². The summed E-state index contributed by atoms with van der Waals surface area (Å²) < 4.78 is 25.9. The minimum Gasteiger partial charge on any atom is -0.399 e. The topological polar surface area (TPSA) is 423 Å². The van der Waals surface area contributed by atoms with Crippen molar-refractivity contribution in [2.24, 2.45) is 10.7 Å². The van der Waals surface area contributed by atoms with Gasteiger partial charge in [0.15, 0.2) is 28.3 Å². The number of halogens is 2. The molecule has 7 N–H and O–H groups in total. The van der Waals surface area contributed by atoms with Crippen LogP contribution in [0.5, 0.6) is 0 Å². The Kier molecular flexibility index (Phi) is 20.7. The van der Waals surface area contributed by atoms with Gasteiger partial charge in [0.2, 0.25) is 0 Å². The largest absolute Gasteiger partial charge is 0.496 e. The maximum Gasteiger partial charge on any atom is 0.496 e. The first-order valence-electron chi connectivity index (χ1n) is 29.8. The average molecular weight is 1370 g/mol. The summed E-state index contributed by atoms with van der Waals surface area (Å²) in [5, 5.41) is 55.1. The highest BCUT2D eigenvalue weighted by Gasteiger charge is 2.52. The number of rotatable bonds is 11. The highest BCUT2D eigenvalue weighted by atomic mass is 79.9. The zero-order valence-electron chi connectivity index (χ0n) is 52.8. The number of pyridine rings is 5. The van der Waals surface area contributed by atoms with Gasteiger partial charge in [-0.15, -0.1) is 0 Å². The molecule has 0 radical (unpaired) electrons. The van der Waals surface area contributed by atoms with Gasteiger partial charge in [0.25, 0.3) is 5.91 Å². The third-order valence-corrected chi connectivity index (χ3v) is 15.7. The Morgan fingerprint density at radius 3 is 1.63 bits per heavy atom. The van der Waals surface area contributed by atoms with Gasteiger partial charge in [0, 0.05) is 87.6 Å². The molecule has 29 nitrogen and oxygen atoms in total. The van der Waals surface area contributed by atoms with E-state index in [1.165, 1.54) is 43.0 Å². The van der Waals surface area contributed by atoms with Gasteiger partial charge < -0.3 is 25.7 Å². The monoisotopic (exact) mass is 1370 g/mol. The van der Waals surface area contributed by atoms with E-state index >= 15 is 0 Å². The van der Waals surface area contributed by atoms with Crippen LogP contribution in [-0.4, -0.2) is 126 Å². The molecule has 15 rings (SSSR count). The van der Waals surface area contributed by atoms with Gasteiger partial charge in [-0.2, -0.15) is 31.1 Å². The zero-order chi connectivity index (χ0) is 68.8. The van der Waals surface area contributed by atoms with E-state index in [0.29, 0.717) is 57.6 Å². The standard InChI is InChI=1S/C26H20FN9O.C13H17BN2O2.C11H10N6.C11H6N6.C5H2BrN3/c1-15(17-2-4-20(27)5-3-17)35-26(37)22-6-16(8-28)9-31-25(22)33-13-21-12-30-23(14-29-21)18-7-19-11-34-36-24(19)32-10-18;1-12(2)13(3,4)18-14(17-12)10-5-9-6-15-8-11(9)16-7-10;2*12-2-9-5-14-10(6-13-9)7-1-8-4-16-17-11(8)15-3-7;6-5-3-8-4(1-7)2-9-5/h2-7,9-12,14-15H,13H2,1H3,(H,31,33)(H,35,37)(H,32,34,36);5-7H,8H2,1-4H3;1,3-6H,2,12H2,(H,15,16,17);1,3-6H,(H,15,16,17);2-3H/t15-;;;;/m0..../s1. The minimum absolute atomic E-state index is 0.206. The predicted molar refractivity (Wildman–Crippen MR) is 362 cm³/mol. The Bertz CT molecular complexity index is 5100. The number of benzene rings is 1. The van der Waals surface area contributed by atoms with Crippen LogP contribution in [0, 0.1) is 39.8 Å². The SMILES string of the molecule is CC1(C)OB(c2cnc3c(c2)C=NC3)OC1(C)C.C[C@H](NC(=O)c1cc(C#N)cnc1NCc1cnc(-c2cnc3[nH]ncc3c2)cn1)c1ccc(F)cc1.N#Cc1cnc(-c2cnc3[nH]ncc3c2)cn1.N#Cc1cnc(Br)cn1.NCc1cnc(-c2cnc3[nH]ncc3c2)cn1. The number of nitrogens with two attached hydrogens (primary N) is 1. The van der Waals surface area contributed by atoms with E-state index in [1.54, 1.807) is 87.2 Å². The van der Waals surface area contributed by atoms with Crippen LogP contribution in [0.4, 0.5) is 10.2 Å². The number of fused-ring (bicyclic) bond motifs is 4. The van der Waals surface area contributed by atoms with Crippen LogP contribution in [0.3, 0.4) is 0 Å². The summed E-state index contributed by atoms with van der Waals surface area (Å²) >= 11 is 3.09. The number of hydrogen-bond donors (Lipinski definition) is 6. The normalized spacial score (nSPS) is 13.1. The molecule has 484 valence electrons. The van der Waals surface area contributed by atoms with E-state index < -0.39 is 5.91 Å². The maximum absolute atomic E-state index is 13.2. The second-order valence-corrected chi connectivity index (χ2v) is 23.3. The molecule has 0 spiro atoms. The first-order chi connectivity index (χ1) is 47.4. The summed E-state index contributed by atoms with van der Waals surface area (Å²) in [6, 6.07) is 20.6. The molecule has 0 bridgehead atoms. The zero-order valence-corrected chi connectivity index (χ0v) is 54.4. The molecule has 13 aromatic rings. The van der Waals surface area contributed by atoms with Crippen molar-refractivity contribution in [3.05, 3.63) is 215 Å². The van der Waals surface area contributed by atoms with Crippen molar-refractivity contribution in [2.45, 2.75) is 71.5 Å². The molecule has 14 heterocycles. The molecule has 32 heteroatoms. The highest BCUT2D eigenvalue weighted by molar-refractivity contribution is 9.10. The number of nitrogens with one attached hydrogen (secondary N) is 5. The second-order valence-electron chi connectivity index (χ2n) is 22.5. The Labute approximate surface area is 566 Å². The van der Waals surface area contributed by atoms with Crippen LogP contribution >= 0.6 is 15.9 Å². The van der Waals surface area contributed by atoms with Gasteiger partial charge in [-0.3, -0.25) is 55.0 Å². The number of H-pyrrole nitrogens is 3. The van der Waals surface area contributed by atoms with Gasteiger partial charge in [-0.1, -0.05) is 18.2 Å². The van der Waals surface area contributed by atoms with Crippen LogP contribution in [0.25, 0.3) is 66.9 Å². The Hall–Kier alpha value is -12.5. The fourth-order valence-corrected chi connectivity index (χ4v) is 9.48. The Morgan fingerprint density at radius 1 is 0.612 bits per heavy atom. The minimum atomic E-state index is -0.424. The number of nitriles is 3. The predicted octanol–water partition coefficient (Wildman–Crippen LogP) is 8.51. The van der Waals surface area contributed by atoms with Crippen molar-refractivity contribution >= 4 is 79.6 Å². The molecule has 12 aromatic heterocycles. The van der Waals surface area contributed by atoms with Gasteiger partial charge in [-0.25, -0.2) is 39.3 Å². The number of anilines is 1. The molecule has 1 fully saturated rings. The lowest BCUT2D eigenvalue weighted by molar-refractivity contribution is 0.00578. The van der Waals surface area contributed by atoms with Crippen molar-refractivity contribution in [1.29, 1.82) is 15.8 Å². The van der Waals surface area contributed by atoms with Gasteiger partial charge in [0.05, 0.1) is 144 Å². The number of carbonyl (C=O) groups excluding carboxylic acids is 1. The molecule has 1 saturated heterocycles. The molecular weight excluding hydrogens is 1310 g/mol. The van der Waals surface area contributed by atoms with Crippen molar-refractivity contribution in [1.82, 2.24) is 101 Å². The lowest BCUT2D eigenvalue weighted by Gasteiger charge is -2.32. The Morgan fingerprint density at radius 2 is 1.14 bits per heavy atom. The van der Waals surface area contributed by atoms with Crippen LogP contribution in [-0.2, 0) is 28.9 Å². The Balaban J connectivity index is 0.000000134.